The predicted octanol–water partition coefficient (Wildman–Crippen LogP) is 3.84. The summed E-state index contributed by atoms with van der Waals surface area (Å²) < 4.78 is 0. The molecular formula is C26H28N4O2. The second kappa shape index (κ2) is 8.54. The molecule has 0 unspecified atom stereocenters. The summed E-state index contributed by atoms with van der Waals surface area (Å²) in [4.78, 5) is 32.6. The Morgan fingerprint density at radius 3 is 1.62 bits per heavy atom. The average Bonchev–Trinajstić information content (AvgIpc) is 3.36. The lowest BCUT2D eigenvalue weighted by Gasteiger charge is -2.38. The molecule has 0 atom stereocenters. The average molecular weight is 429 g/mol. The summed E-state index contributed by atoms with van der Waals surface area (Å²) in [7, 11) is 0. The Balaban J connectivity index is 1.13. The molecule has 164 valence electrons. The van der Waals surface area contributed by atoms with Crippen LogP contribution in [0.5, 0.6) is 0 Å². The van der Waals surface area contributed by atoms with Gasteiger partial charge in [-0.25, -0.2) is 0 Å². The van der Waals surface area contributed by atoms with Crippen LogP contribution in [0.1, 0.15) is 30.7 Å². The van der Waals surface area contributed by atoms with Crippen LogP contribution in [0, 0.1) is 5.41 Å². The van der Waals surface area contributed by atoms with Gasteiger partial charge in [-0.15, -0.1) is 0 Å². The zero-order valence-electron chi connectivity index (χ0n) is 18.0. The molecule has 2 amide bonds. The van der Waals surface area contributed by atoms with Gasteiger partial charge >= 0.3 is 0 Å². The van der Waals surface area contributed by atoms with E-state index in [1.165, 1.54) is 10.8 Å². The molecule has 0 saturated heterocycles. The van der Waals surface area contributed by atoms with Gasteiger partial charge in [-0.1, -0.05) is 42.8 Å². The zero-order valence-corrected chi connectivity index (χ0v) is 18.0. The van der Waals surface area contributed by atoms with E-state index in [0.717, 1.165) is 28.8 Å². The molecule has 5 rings (SSSR count). The molecule has 2 heterocycles. The van der Waals surface area contributed by atoms with Crippen LogP contribution in [0.2, 0.25) is 0 Å². The van der Waals surface area contributed by atoms with E-state index >= 15 is 0 Å². The molecule has 1 fully saturated rings. The number of hydrogen-bond donors (Lipinski definition) is 4. The summed E-state index contributed by atoms with van der Waals surface area (Å²) in [6.45, 7) is 1.02. The molecule has 2 aromatic carbocycles. The predicted molar refractivity (Wildman–Crippen MR) is 126 cm³/mol. The maximum atomic E-state index is 12.9. The molecule has 4 aromatic rings. The monoisotopic (exact) mass is 428 g/mol. The van der Waals surface area contributed by atoms with Gasteiger partial charge in [-0.05, 0) is 47.9 Å². The number of rotatable bonds is 8. The van der Waals surface area contributed by atoms with Crippen molar-refractivity contribution in [1.29, 1.82) is 0 Å². The number of carbonyl (C=O) groups is 2. The van der Waals surface area contributed by atoms with E-state index in [4.69, 9.17) is 0 Å². The lowest BCUT2D eigenvalue weighted by atomic mass is 9.67. The second-order valence-corrected chi connectivity index (χ2v) is 8.71. The first-order valence-electron chi connectivity index (χ1n) is 11.3. The maximum absolute atomic E-state index is 12.9. The molecule has 32 heavy (non-hydrogen) atoms. The van der Waals surface area contributed by atoms with Crippen LogP contribution in [-0.2, 0) is 22.4 Å². The molecule has 1 aliphatic carbocycles. The van der Waals surface area contributed by atoms with E-state index in [0.29, 0.717) is 38.8 Å². The van der Waals surface area contributed by atoms with Crippen molar-refractivity contribution in [3.05, 3.63) is 72.1 Å². The molecule has 1 saturated carbocycles. The minimum Gasteiger partial charge on any atom is -0.358 e. The standard InChI is InChI=1S/C26H28N4O2/c31-24(27-14-10-20-16-18-6-1-3-8-22(18)29-20)26(12-5-13-26)25(32)28-15-11-21-17-19-7-2-4-9-23(19)30-21/h1-4,6-9,16-17,29-30H,5,10-15H2,(H,27,31)(H,28,32). The fourth-order valence-electron chi connectivity index (χ4n) is 4.58. The quantitative estimate of drug-likeness (QED) is 0.321. The van der Waals surface area contributed by atoms with Gasteiger partial charge in [0, 0.05) is 48.4 Å². The van der Waals surface area contributed by atoms with Crippen LogP contribution < -0.4 is 10.6 Å². The summed E-state index contributed by atoms with van der Waals surface area (Å²) in [6, 6.07) is 20.5. The number of fused-ring (bicyclic) bond motifs is 2. The highest BCUT2D eigenvalue weighted by molar-refractivity contribution is 6.06. The number of benzene rings is 2. The third-order valence-corrected chi connectivity index (χ3v) is 6.61. The number of amides is 2. The SMILES string of the molecule is O=C(NCCc1cc2ccccc2[nH]1)C1(C(=O)NCCc2cc3ccccc3[nH]2)CCC1. The number of nitrogens with one attached hydrogen (secondary N) is 4. The van der Waals surface area contributed by atoms with Gasteiger partial charge in [0.15, 0.2) is 0 Å². The van der Waals surface area contributed by atoms with Gasteiger partial charge in [0.1, 0.15) is 5.41 Å². The van der Waals surface area contributed by atoms with Crippen molar-refractivity contribution in [3.8, 4) is 0 Å². The number of H-pyrrole nitrogens is 2. The molecule has 4 N–H and O–H groups in total. The van der Waals surface area contributed by atoms with Crippen LogP contribution in [-0.4, -0.2) is 34.9 Å². The van der Waals surface area contributed by atoms with Gasteiger partial charge in [0.2, 0.25) is 11.8 Å². The fraction of sp³-hybridized carbons (Fsp3) is 0.308. The van der Waals surface area contributed by atoms with Crippen molar-refractivity contribution in [2.75, 3.05) is 13.1 Å². The Morgan fingerprint density at radius 2 is 1.22 bits per heavy atom. The zero-order chi connectivity index (χ0) is 22.0. The van der Waals surface area contributed by atoms with Crippen LogP contribution in [0.4, 0.5) is 0 Å². The van der Waals surface area contributed by atoms with Crippen LogP contribution >= 0.6 is 0 Å². The summed E-state index contributed by atoms with van der Waals surface area (Å²) in [6.07, 6.45) is 3.55. The maximum Gasteiger partial charge on any atom is 0.235 e. The van der Waals surface area contributed by atoms with E-state index in [1.54, 1.807) is 0 Å². The lowest BCUT2D eigenvalue weighted by molar-refractivity contribution is -0.149. The smallest absolute Gasteiger partial charge is 0.235 e. The largest absolute Gasteiger partial charge is 0.358 e. The Morgan fingerprint density at radius 1 is 0.750 bits per heavy atom. The molecule has 0 spiro atoms. The molecule has 6 heteroatoms. The third kappa shape index (κ3) is 3.88. The topological polar surface area (TPSA) is 89.8 Å². The number of para-hydroxylation sites is 2. The molecule has 2 aromatic heterocycles. The second-order valence-electron chi connectivity index (χ2n) is 8.71. The van der Waals surface area contributed by atoms with Gasteiger partial charge in [0.05, 0.1) is 0 Å². The van der Waals surface area contributed by atoms with Crippen molar-refractivity contribution < 1.29 is 9.59 Å². The highest BCUT2D eigenvalue weighted by atomic mass is 16.2. The molecule has 0 radical (unpaired) electrons. The highest BCUT2D eigenvalue weighted by Gasteiger charge is 2.50. The first-order chi connectivity index (χ1) is 15.6. The molecule has 0 bridgehead atoms. The van der Waals surface area contributed by atoms with Gasteiger partial charge in [-0.2, -0.15) is 0 Å². The minimum absolute atomic E-state index is 0.150. The molecule has 6 nitrogen and oxygen atoms in total. The Labute approximate surface area is 186 Å². The number of hydrogen-bond acceptors (Lipinski definition) is 2. The summed E-state index contributed by atoms with van der Waals surface area (Å²) in [5.74, 6) is -0.300. The minimum atomic E-state index is -0.916. The van der Waals surface area contributed by atoms with E-state index < -0.39 is 5.41 Å². The van der Waals surface area contributed by atoms with Crippen molar-refractivity contribution in [2.24, 2.45) is 5.41 Å². The van der Waals surface area contributed by atoms with Crippen molar-refractivity contribution in [2.45, 2.75) is 32.1 Å². The fourth-order valence-corrected chi connectivity index (χ4v) is 4.58. The number of aromatic nitrogens is 2. The highest BCUT2D eigenvalue weighted by Crippen LogP contribution is 2.41. The van der Waals surface area contributed by atoms with E-state index in [9.17, 15) is 9.59 Å². The van der Waals surface area contributed by atoms with Crippen LogP contribution in [0.15, 0.2) is 60.7 Å². The molecule has 1 aliphatic rings. The van der Waals surface area contributed by atoms with E-state index in [2.05, 4.69) is 44.9 Å². The lowest BCUT2D eigenvalue weighted by Crippen LogP contribution is -2.55. The van der Waals surface area contributed by atoms with Gasteiger partial charge in [-0.3, -0.25) is 9.59 Å². The summed E-state index contributed by atoms with van der Waals surface area (Å²) >= 11 is 0. The molecular weight excluding hydrogens is 400 g/mol. The van der Waals surface area contributed by atoms with Crippen LogP contribution in [0.25, 0.3) is 21.8 Å². The van der Waals surface area contributed by atoms with E-state index in [1.807, 2.05) is 36.4 Å². The normalized spacial score (nSPS) is 14.9. The van der Waals surface area contributed by atoms with Gasteiger partial charge < -0.3 is 20.6 Å². The summed E-state index contributed by atoms with van der Waals surface area (Å²) in [5, 5.41) is 8.33. The summed E-state index contributed by atoms with van der Waals surface area (Å²) in [5.41, 5.74) is 3.44. The first-order valence-corrected chi connectivity index (χ1v) is 11.3. The Bertz CT molecular complexity index is 1110. The molecule has 0 aliphatic heterocycles. The van der Waals surface area contributed by atoms with Crippen molar-refractivity contribution in [1.82, 2.24) is 20.6 Å². The van der Waals surface area contributed by atoms with Crippen LogP contribution in [0.3, 0.4) is 0 Å². The Kier molecular flexibility index (Phi) is 5.43. The van der Waals surface area contributed by atoms with E-state index in [-0.39, 0.29) is 11.8 Å². The number of carbonyl (C=O) groups excluding carboxylic acids is 2. The van der Waals surface area contributed by atoms with Gasteiger partial charge in [0.25, 0.3) is 0 Å². The third-order valence-electron chi connectivity index (χ3n) is 6.61. The number of aromatic amines is 2. The van der Waals surface area contributed by atoms with Crippen molar-refractivity contribution >= 4 is 33.6 Å². The Hall–Kier alpha value is -3.54. The van der Waals surface area contributed by atoms with Crippen molar-refractivity contribution in [3.63, 3.8) is 0 Å². The first kappa shape index (κ1) is 20.4.